The number of rotatable bonds is 2. The second-order valence-electron chi connectivity index (χ2n) is 5.96. The number of amides is 1. The van der Waals surface area contributed by atoms with Crippen LogP contribution in [0.1, 0.15) is 11.1 Å². The second kappa shape index (κ2) is 5.21. The molecule has 1 aliphatic heterocycles. The highest BCUT2D eigenvalue weighted by atomic mass is 35.5. The standard InChI is InChI=1S/C17H13Cl2N3O2/c1-9-2-5-13-10(6-9)7-20-22(13)8-17(24)14-11(18)3-4-12(19)15(14)21-16(17)23/h2-7,24H,8H2,1H3,(H,21,23). The lowest BCUT2D eigenvalue weighted by molar-refractivity contribution is -0.135. The smallest absolute Gasteiger partial charge is 0.263 e. The molecular weight excluding hydrogens is 349 g/mol. The lowest BCUT2D eigenvalue weighted by Crippen LogP contribution is -2.39. The highest BCUT2D eigenvalue weighted by Crippen LogP contribution is 2.45. The van der Waals surface area contributed by atoms with E-state index in [2.05, 4.69) is 10.4 Å². The molecule has 0 saturated carbocycles. The molecule has 0 spiro atoms. The maximum absolute atomic E-state index is 12.5. The maximum Gasteiger partial charge on any atom is 0.263 e. The average Bonchev–Trinajstić information content (AvgIpc) is 3.04. The van der Waals surface area contributed by atoms with E-state index in [0.29, 0.717) is 10.7 Å². The van der Waals surface area contributed by atoms with E-state index in [-0.39, 0.29) is 17.1 Å². The number of hydrogen-bond acceptors (Lipinski definition) is 3. The number of nitrogens with one attached hydrogen (secondary N) is 1. The van der Waals surface area contributed by atoms with Crippen molar-refractivity contribution in [1.29, 1.82) is 0 Å². The molecule has 1 aromatic heterocycles. The van der Waals surface area contributed by atoms with Crippen LogP contribution in [-0.4, -0.2) is 20.8 Å². The molecule has 0 aliphatic carbocycles. The number of carbonyl (C=O) groups is 1. The largest absolute Gasteiger partial charge is 0.374 e. The summed E-state index contributed by atoms with van der Waals surface area (Å²) in [7, 11) is 0. The molecule has 0 bridgehead atoms. The third-order valence-corrected chi connectivity index (χ3v) is 4.94. The number of hydrogen-bond donors (Lipinski definition) is 2. The molecule has 4 rings (SSSR count). The van der Waals surface area contributed by atoms with Crippen molar-refractivity contribution >= 4 is 45.7 Å². The first-order chi connectivity index (χ1) is 11.4. The molecule has 1 amide bonds. The molecule has 7 heteroatoms. The van der Waals surface area contributed by atoms with Gasteiger partial charge < -0.3 is 10.4 Å². The first-order valence-electron chi connectivity index (χ1n) is 7.34. The molecule has 122 valence electrons. The van der Waals surface area contributed by atoms with Gasteiger partial charge in [-0.2, -0.15) is 5.10 Å². The number of carbonyl (C=O) groups excluding carboxylic acids is 1. The van der Waals surface area contributed by atoms with Crippen molar-refractivity contribution in [3.63, 3.8) is 0 Å². The van der Waals surface area contributed by atoms with Crippen molar-refractivity contribution < 1.29 is 9.90 Å². The molecule has 0 saturated heterocycles. The lowest BCUT2D eigenvalue weighted by atomic mass is 9.95. The van der Waals surface area contributed by atoms with Crippen molar-refractivity contribution in [3.8, 4) is 0 Å². The molecular formula is C17H13Cl2N3O2. The van der Waals surface area contributed by atoms with Crippen molar-refractivity contribution in [3.05, 3.63) is 57.7 Å². The van der Waals surface area contributed by atoms with E-state index in [1.807, 2.05) is 25.1 Å². The van der Waals surface area contributed by atoms with Gasteiger partial charge in [0.25, 0.3) is 5.91 Å². The number of aliphatic hydroxyl groups is 1. The minimum absolute atomic E-state index is 0.0571. The van der Waals surface area contributed by atoms with Gasteiger partial charge >= 0.3 is 0 Å². The molecule has 0 fully saturated rings. The Labute approximate surface area is 147 Å². The van der Waals surface area contributed by atoms with E-state index in [9.17, 15) is 9.90 Å². The number of benzene rings is 2. The van der Waals surface area contributed by atoms with Crippen LogP contribution in [0.2, 0.25) is 10.0 Å². The molecule has 1 atom stereocenters. The molecule has 24 heavy (non-hydrogen) atoms. The molecule has 0 radical (unpaired) electrons. The minimum atomic E-state index is -1.83. The quantitative estimate of drug-likeness (QED) is 0.733. The van der Waals surface area contributed by atoms with Gasteiger partial charge in [0.15, 0.2) is 5.60 Å². The third kappa shape index (κ3) is 2.13. The summed E-state index contributed by atoms with van der Waals surface area (Å²) in [5, 5.41) is 19.6. The summed E-state index contributed by atoms with van der Waals surface area (Å²) in [6.07, 6.45) is 1.71. The van der Waals surface area contributed by atoms with Crippen molar-refractivity contribution in [2.45, 2.75) is 19.1 Å². The zero-order valence-electron chi connectivity index (χ0n) is 12.7. The Morgan fingerprint density at radius 2 is 2.00 bits per heavy atom. The average molecular weight is 362 g/mol. The van der Waals surface area contributed by atoms with Gasteiger partial charge in [-0.1, -0.05) is 34.8 Å². The van der Waals surface area contributed by atoms with Crippen LogP contribution in [0.25, 0.3) is 10.9 Å². The molecule has 1 aliphatic rings. The Balaban J connectivity index is 1.85. The van der Waals surface area contributed by atoms with E-state index in [4.69, 9.17) is 23.2 Å². The van der Waals surface area contributed by atoms with E-state index in [1.54, 1.807) is 23.0 Å². The number of fused-ring (bicyclic) bond motifs is 2. The van der Waals surface area contributed by atoms with E-state index < -0.39 is 11.5 Å². The predicted molar refractivity (Wildman–Crippen MR) is 93.5 cm³/mol. The maximum atomic E-state index is 12.5. The molecule has 2 N–H and O–H groups in total. The molecule has 2 aromatic carbocycles. The van der Waals surface area contributed by atoms with E-state index in [1.165, 1.54) is 0 Å². The highest BCUT2D eigenvalue weighted by molar-refractivity contribution is 6.38. The van der Waals surface area contributed by atoms with Gasteiger partial charge in [-0.25, -0.2) is 0 Å². The minimum Gasteiger partial charge on any atom is -0.374 e. The Morgan fingerprint density at radius 3 is 2.79 bits per heavy atom. The van der Waals surface area contributed by atoms with Gasteiger partial charge in [-0.15, -0.1) is 0 Å². The fraction of sp³-hybridized carbons (Fsp3) is 0.176. The zero-order chi connectivity index (χ0) is 17.1. The van der Waals surface area contributed by atoms with Crippen molar-refractivity contribution in [1.82, 2.24) is 9.78 Å². The van der Waals surface area contributed by atoms with Gasteiger partial charge in [-0.05, 0) is 31.2 Å². The summed E-state index contributed by atoms with van der Waals surface area (Å²) in [5.74, 6) is -0.566. The summed E-state index contributed by atoms with van der Waals surface area (Å²) in [4.78, 5) is 12.5. The third-order valence-electron chi connectivity index (χ3n) is 4.31. The molecule has 5 nitrogen and oxygen atoms in total. The Morgan fingerprint density at radius 1 is 1.25 bits per heavy atom. The van der Waals surface area contributed by atoms with Gasteiger partial charge in [-0.3, -0.25) is 9.48 Å². The van der Waals surface area contributed by atoms with Gasteiger partial charge in [0.1, 0.15) is 0 Å². The van der Waals surface area contributed by atoms with Crippen molar-refractivity contribution in [2.75, 3.05) is 5.32 Å². The normalized spacial score (nSPS) is 19.6. The van der Waals surface area contributed by atoms with Crippen LogP contribution in [0, 0.1) is 6.92 Å². The number of halogens is 2. The van der Waals surface area contributed by atoms with Crippen LogP contribution >= 0.6 is 23.2 Å². The number of aryl methyl sites for hydroxylation is 1. The summed E-state index contributed by atoms with van der Waals surface area (Å²) in [6, 6.07) is 9.01. The van der Waals surface area contributed by atoms with Crippen LogP contribution in [-0.2, 0) is 16.9 Å². The topological polar surface area (TPSA) is 67.1 Å². The Kier molecular flexibility index (Phi) is 3.35. The van der Waals surface area contributed by atoms with Gasteiger partial charge in [0.2, 0.25) is 0 Å². The molecule has 2 heterocycles. The van der Waals surface area contributed by atoms with Crippen LogP contribution < -0.4 is 5.32 Å². The molecule has 3 aromatic rings. The van der Waals surface area contributed by atoms with E-state index in [0.717, 1.165) is 16.5 Å². The van der Waals surface area contributed by atoms with Crippen LogP contribution in [0.15, 0.2) is 36.5 Å². The monoisotopic (exact) mass is 361 g/mol. The predicted octanol–water partition coefficient (Wildman–Crippen LogP) is 3.49. The van der Waals surface area contributed by atoms with Gasteiger partial charge in [0.05, 0.1) is 29.0 Å². The van der Waals surface area contributed by atoms with Crippen LogP contribution in [0.5, 0.6) is 0 Å². The Hall–Kier alpha value is -2.08. The zero-order valence-corrected chi connectivity index (χ0v) is 14.2. The number of nitrogens with zero attached hydrogens (tertiary/aromatic N) is 2. The molecule has 1 unspecified atom stereocenters. The second-order valence-corrected chi connectivity index (χ2v) is 6.77. The van der Waals surface area contributed by atoms with E-state index >= 15 is 0 Å². The number of aromatic nitrogens is 2. The first-order valence-corrected chi connectivity index (χ1v) is 8.10. The fourth-order valence-corrected chi connectivity index (χ4v) is 3.63. The summed E-state index contributed by atoms with van der Waals surface area (Å²) >= 11 is 12.4. The SMILES string of the molecule is Cc1ccc2c(cnn2CC2(O)C(=O)Nc3c(Cl)ccc(Cl)c32)c1. The summed E-state index contributed by atoms with van der Waals surface area (Å²) in [5.41, 5.74) is 0.746. The van der Waals surface area contributed by atoms with Crippen LogP contribution in [0.4, 0.5) is 5.69 Å². The van der Waals surface area contributed by atoms with Crippen LogP contribution in [0.3, 0.4) is 0 Å². The fourth-order valence-electron chi connectivity index (χ4n) is 3.11. The first kappa shape index (κ1) is 15.4. The summed E-state index contributed by atoms with van der Waals surface area (Å²) in [6.45, 7) is 1.94. The van der Waals surface area contributed by atoms with Crippen molar-refractivity contribution in [2.24, 2.45) is 0 Å². The highest BCUT2D eigenvalue weighted by Gasteiger charge is 2.48. The Bertz CT molecular complexity index is 999. The number of anilines is 1. The van der Waals surface area contributed by atoms with Gasteiger partial charge in [0, 0.05) is 16.0 Å². The lowest BCUT2D eigenvalue weighted by Gasteiger charge is -2.22. The summed E-state index contributed by atoms with van der Waals surface area (Å²) < 4.78 is 1.60.